The summed E-state index contributed by atoms with van der Waals surface area (Å²) in [5.74, 6) is -0.783. The van der Waals surface area contributed by atoms with Crippen LogP contribution in [-0.4, -0.2) is 102 Å². The van der Waals surface area contributed by atoms with Crippen LogP contribution in [0, 0.1) is 10.8 Å². The van der Waals surface area contributed by atoms with Crippen LogP contribution in [0.4, 0.5) is 9.59 Å². The molecule has 0 aromatic heterocycles. The van der Waals surface area contributed by atoms with Crippen LogP contribution < -0.4 is 10.6 Å². The first-order valence-electron chi connectivity index (χ1n) is 20.3. The maximum atomic E-state index is 12.5. The van der Waals surface area contributed by atoms with Crippen LogP contribution in [-0.2, 0) is 41.5 Å². The third kappa shape index (κ3) is 24.9. The van der Waals surface area contributed by atoms with Gasteiger partial charge in [-0.05, 0) is 114 Å². The van der Waals surface area contributed by atoms with Crippen molar-refractivity contribution in [1.29, 1.82) is 0 Å². The molecule has 0 bridgehead atoms. The number of esters is 2. The quantitative estimate of drug-likeness (QED) is 0.0269. The molecular formula is C39H76N2O11Si3. The minimum atomic E-state index is -2.19. The lowest BCUT2D eigenvalue weighted by molar-refractivity contribution is -0.145. The third-order valence-electron chi connectivity index (χ3n) is 9.32. The highest BCUT2D eigenvalue weighted by molar-refractivity contribution is 6.87. The number of ether oxygens (including phenoxy) is 5. The highest BCUT2D eigenvalue weighted by Crippen LogP contribution is 2.45. The second-order valence-corrected chi connectivity index (χ2v) is 30.4. The molecule has 0 aromatic rings. The molecule has 0 saturated heterocycles. The zero-order valence-corrected chi connectivity index (χ0v) is 39.2. The largest absolute Gasteiger partial charge is 0.463 e. The summed E-state index contributed by atoms with van der Waals surface area (Å²) in [6.45, 7) is 28.9. The molecular weight excluding hydrogens is 757 g/mol. The van der Waals surface area contributed by atoms with Crippen molar-refractivity contribution in [2.24, 2.45) is 10.8 Å². The van der Waals surface area contributed by atoms with E-state index >= 15 is 0 Å². The highest BCUT2D eigenvalue weighted by Gasteiger charge is 2.42. The SMILES string of the molecule is C=C(C)C(=O)OCCOC(=O)NC1CC(C)(C)CC(C)(CNC(=O)OCCCCCC(=O)OCCOCCC[Si](C)(C)O[Si](C)(C)O[Si](C)(C)CCCC)C1. The van der Waals surface area contributed by atoms with Gasteiger partial charge in [0.1, 0.15) is 19.8 Å². The summed E-state index contributed by atoms with van der Waals surface area (Å²) in [5.41, 5.74) is -0.0611. The van der Waals surface area contributed by atoms with Crippen molar-refractivity contribution in [3.05, 3.63) is 12.2 Å². The molecule has 0 aromatic carbocycles. The van der Waals surface area contributed by atoms with E-state index in [2.05, 4.69) is 84.2 Å². The molecule has 2 atom stereocenters. The van der Waals surface area contributed by atoms with Crippen molar-refractivity contribution >= 4 is 49.3 Å². The fraction of sp³-hybridized carbons (Fsp3) is 0.846. The van der Waals surface area contributed by atoms with E-state index < -0.39 is 43.4 Å². The molecule has 2 N–H and O–H groups in total. The lowest BCUT2D eigenvalue weighted by Gasteiger charge is -2.46. The molecule has 1 rings (SSSR count). The first kappa shape index (κ1) is 50.8. The summed E-state index contributed by atoms with van der Waals surface area (Å²) in [6, 6.07) is 2.02. The summed E-state index contributed by atoms with van der Waals surface area (Å²) in [5, 5.41) is 5.82. The van der Waals surface area contributed by atoms with Gasteiger partial charge in [0.05, 0.1) is 13.2 Å². The maximum Gasteiger partial charge on any atom is 0.407 e. The van der Waals surface area contributed by atoms with Crippen LogP contribution in [0.25, 0.3) is 0 Å². The van der Waals surface area contributed by atoms with E-state index in [-0.39, 0.29) is 54.8 Å². The Morgan fingerprint density at radius 2 is 1.31 bits per heavy atom. The number of rotatable bonds is 27. The fourth-order valence-corrected chi connectivity index (χ4v) is 21.8. The molecule has 0 spiro atoms. The van der Waals surface area contributed by atoms with Crippen molar-refractivity contribution in [3.8, 4) is 0 Å². The summed E-state index contributed by atoms with van der Waals surface area (Å²) < 4.78 is 39.9. The van der Waals surface area contributed by atoms with Crippen molar-refractivity contribution in [3.63, 3.8) is 0 Å². The molecule has 2 amide bonds. The van der Waals surface area contributed by atoms with Crippen LogP contribution in [0.15, 0.2) is 12.2 Å². The van der Waals surface area contributed by atoms with Gasteiger partial charge in [-0.1, -0.05) is 47.1 Å². The zero-order valence-electron chi connectivity index (χ0n) is 36.2. The van der Waals surface area contributed by atoms with E-state index in [0.29, 0.717) is 45.4 Å². The monoisotopic (exact) mass is 832 g/mol. The van der Waals surface area contributed by atoms with Gasteiger partial charge in [0.25, 0.3) is 0 Å². The second-order valence-electron chi connectivity index (χ2n) is 17.9. The van der Waals surface area contributed by atoms with Crippen LogP contribution in [0.2, 0.25) is 51.4 Å². The van der Waals surface area contributed by atoms with Gasteiger partial charge in [0.2, 0.25) is 0 Å². The van der Waals surface area contributed by atoms with E-state index in [1.807, 2.05) is 0 Å². The lowest BCUT2D eigenvalue weighted by atomic mass is 9.62. The molecule has 1 saturated carbocycles. The Kier molecular flexibility index (Phi) is 22.6. The van der Waals surface area contributed by atoms with Gasteiger partial charge in [-0.3, -0.25) is 4.79 Å². The Bertz CT molecular complexity index is 1220. The molecule has 0 radical (unpaired) electrons. The Hall–Kier alpha value is -2.25. The summed E-state index contributed by atoms with van der Waals surface area (Å²) in [6.07, 6.45) is 6.85. The van der Waals surface area contributed by atoms with Gasteiger partial charge in [0.15, 0.2) is 16.6 Å². The number of unbranched alkanes of at least 4 members (excludes halogenated alkanes) is 3. The van der Waals surface area contributed by atoms with Crippen LogP contribution in [0.5, 0.6) is 0 Å². The number of carbonyl (C=O) groups excluding carboxylic acids is 4. The van der Waals surface area contributed by atoms with E-state index in [9.17, 15) is 19.2 Å². The number of hydrogen-bond donors (Lipinski definition) is 2. The van der Waals surface area contributed by atoms with E-state index in [1.54, 1.807) is 6.92 Å². The average Bonchev–Trinajstić information content (AvgIpc) is 3.03. The fourth-order valence-electron chi connectivity index (χ4n) is 7.57. The number of alkyl carbamates (subject to hydrolysis) is 2. The smallest absolute Gasteiger partial charge is 0.407 e. The second kappa shape index (κ2) is 24.5. The van der Waals surface area contributed by atoms with E-state index in [0.717, 1.165) is 31.7 Å². The van der Waals surface area contributed by atoms with Crippen molar-refractivity contribution in [2.75, 3.05) is 46.2 Å². The van der Waals surface area contributed by atoms with E-state index in [4.69, 9.17) is 31.9 Å². The first-order chi connectivity index (χ1) is 25.5. The minimum absolute atomic E-state index is 0.0463. The third-order valence-corrected chi connectivity index (χ3v) is 20.8. The van der Waals surface area contributed by atoms with Crippen LogP contribution >= 0.6 is 0 Å². The summed E-state index contributed by atoms with van der Waals surface area (Å²) in [7, 11) is -5.79. The number of carbonyl (C=O) groups is 4. The molecule has 1 aliphatic carbocycles. The first-order valence-corrected chi connectivity index (χ1v) is 29.3. The minimum Gasteiger partial charge on any atom is -0.463 e. The molecule has 1 aliphatic rings. The number of nitrogens with one attached hydrogen (secondary N) is 2. The number of amides is 2. The normalized spacial score (nSPS) is 18.6. The molecule has 0 aliphatic heterocycles. The van der Waals surface area contributed by atoms with Gasteiger partial charge in [-0.25, -0.2) is 14.4 Å². The van der Waals surface area contributed by atoms with E-state index in [1.165, 1.54) is 18.9 Å². The van der Waals surface area contributed by atoms with Crippen molar-refractivity contribution < 1.29 is 51.1 Å². The predicted octanol–water partition coefficient (Wildman–Crippen LogP) is 8.60. The average molecular weight is 833 g/mol. The van der Waals surface area contributed by atoms with Gasteiger partial charge in [0, 0.05) is 31.2 Å². The highest BCUT2D eigenvalue weighted by atomic mass is 28.5. The van der Waals surface area contributed by atoms with Crippen LogP contribution in [0.3, 0.4) is 0 Å². The Morgan fingerprint density at radius 1 is 0.709 bits per heavy atom. The van der Waals surface area contributed by atoms with Gasteiger partial charge < -0.3 is 42.5 Å². The van der Waals surface area contributed by atoms with Gasteiger partial charge >= 0.3 is 32.7 Å². The zero-order chi connectivity index (χ0) is 41.8. The Labute approximate surface area is 335 Å². The number of hydrogen-bond acceptors (Lipinski definition) is 11. The maximum absolute atomic E-state index is 12.5. The summed E-state index contributed by atoms with van der Waals surface area (Å²) >= 11 is 0. The lowest BCUT2D eigenvalue weighted by Crippen LogP contribution is -2.52. The molecule has 16 heteroatoms. The van der Waals surface area contributed by atoms with Crippen LogP contribution in [0.1, 0.15) is 98.8 Å². The topological polar surface area (TPSA) is 157 Å². The Morgan fingerprint density at radius 3 is 1.95 bits per heavy atom. The molecule has 13 nitrogen and oxygen atoms in total. The Balaban J connectivity index is 2.19. The molecule has 1 fully saturated rings. The predicted molar refractivity (Wildman–Crippen MR) is 223 cm³/mol. The molecule has 2 unspecified atom stereocenters. The molecule has 55 heavy (non-hydrogen) atoms. The standard InChI is InChI=1S/C39H76N2O11Si3/c1-13-14-26-53(7,8)51-55(11,12)52-54(9,10)27-18-20-46-22-23-47-34(42)19-16-15-17-21-49-36(44)40-31-39(6)29-33(28-38(4,5)30-39)41-37(45)50-25-24-48-35(43)32(2)3/h33H,2,13-31H2,1,3-12H3,(H,40,44)(H,41,45). The molecule has 0 heterocycles. The van der Waals surface area contributed by atoms with Gasteiger partial charge in [-0.2, -0.15) is 0 Å². The van der Waals surface area contributed by atoms with Crippen molar-refractivity contribution in [2.45, 2.75) is 156 Å². The molecule has 320 valence electrons. The van der Waals surface area contributed by atoms with Gasteiger partial charge in [-0.15, -0.1) is 0 Å². The van der Waals surface area contributed by atoms with Crippen molar-refractivity contribution in [1.82, 2.24) is 10.6 Å². The summed E-state index contributed by atoms with van der Waals surface area (Å²) in [4.78, 5) is 48.5.